The minimum Gasteiger partial charge on any atom is -0.382 e. The van der Waals surface area contributed by atoms with E-state index in [1.54, 1.807) is 0 Å². The summed E-state index contributed by atoms with van der Waals surface area (Å²) in [4.78, 5) is 14.5. The van der Waals surface area contributed by atoms with Crippen molar-refractivity contribution in [3.8, 4) is 0 Å². The normalized spacial score (nSPS) is 22.4. The van der Waals surface area contributed by atoms with Gasteiger partial charge in [-0.25, -0.2) is 4.39 Å². The second-order valence-corrected chi connectivity index (χ2v) is 6.31. The summed E-state index contributed by atoms with van der Waals surface area (Å²) in [5.74, 6) is 0. The Morgan fingerprint density at radius 2 is 1.81 bits per heavy atom. The van der Waals surface area contributed by atoms with Gasteiger partial charge >= 0.3 is 12.4 Å². The van der Waals surface area contributed by atoms with Crippen molar-refractivity contribution in [1.82, 2.24) is 4.98 Å². The molecule has 1 saturated heterocycles. The fourth-order valence-corrected chi connectivity index (χ4v) is 3.28. The molecule has 1 aliphatic heterocycles. The molecule has 0 unspecified atom stereocenters. The molecule has 1 aromatic heterocycles. The van der Waals surface area contributed by atoms with E-state index in [9.17, 15) is 40.6 Å². The van der Waals surface area contributed by atoms with E-state index in [1.165, 1.54) is 6.07 Å². The lowest BCUT2D eigenvalue weighted by atomic mass is 10.0. The van der Waals surface area contributed by atoms with Crippen molar-refractivity contribution in [2.75, 3.05) is 11.4 Å². The summed E-state index contributed by atoms with van der Waals surface area (Å²) in [6.07, 6.45) is -15.0. The van der Waals surface area contributed by atoms with Crippen LogP contribution in [0.1, 0.15) is 12.0 Å². The molecule has 2 N–H and O–H groups in total. The van der Waals surface area contributed by atoms with Crippen LogP contribution in [0.4, 0.5) is 36.4 Å². The number of aliphatic hydroxyl groups is 1. The molecule has 0 saturated carbocycles. The summed E-state index contributed by atoms with van der Waals surface area (Å²) in [5, 5.41) is 9.07. The molecular formula is C16H13F7N2O2. The third kappa shape index (κ3) is 3.73. The lowest BCUT2D eigenvalue weighted by Crippen LogP contribution is -2.47. The van der Waals surface area contributed by atoms with Gasteiger partial charge in [0.25, 0.3) is 0 Å². The average Bonchev–Trinajstić information content (AvgIpc) is 2.92. The van der Waals surface area contributed by atoms with Gasteiger partial charge in [0.2, 0.25) is 5.56 Å². The minimum atomic E-state index is -5.01. The van der Waals surface area contributed by atoms with Crippen LogP contribution in [0.5, 0.6) is 0 Å². The van der Waals surface area contributed by atoms with Crippen molar-refractivity contribution in [2.45, 2.75) is 37.1 Å². The number of halogens is 7. The van der Waals surface area contributed by atoms with Crippen LogP contribution in [0.3, 0.4) is 0 Å². The van der Waals surface area contributed by atoms with E-state index in [1.807, 2.05) is 0 Å². The number of aromatic amines is 1. The molecule has 3 atom stereocenters. The van der Waals surface area contributed by atoms with Crippen molar-refractivity contribution in [2.24, 2.45) is 0 Å². The van der Waals surface area contributed by atoms with Gasteiger partial charge in [-0.1, -0.05) is 0 Å². The summed E-state index contributed by atoms with van der Waals surface area (Å²) >= 11 is 0. The zero-order chi connectivity index (χ0) is 20.1. The maximum absolute atomic E-state index is 13.7. The number of pyridine rings is 1. The highest BCUT2D eigenvalue weighted by Crippen LogP contribution is 2.38. The number of rotatable bonds is 2. The van der Waals surface area contributed by atoms with Crippen molar-refractivity contribution in [3.63, 3.8) is 0 Å². The Kier molecular flexibility index (Phi) is 4.61. The number of nitrogens with one attached hydrogen (secondary N) is 1. The number of benzene rings is 1. The first kappa shape index (κ1) is 19.5. The number of fused-ring (bicyclic) bond motifs is 1. The van der Waals surface area contributed by atoms with Crippen molar-refractivity contribution in [1.29, 1.82) is 0 Å². The lowest BCUT2D eigenvalue weighted by molar-refractivity contribution is -0.209. The van der Waals surface area contributed by atoms with Gasteiger partial charge in [-0.3, -0.25) is 4.79 Å². The predicted molar refractivity (Wildman–Crippen MR) is 82.3 cm³/mol. The first-order valence-electron chi connectivity index (χ1n) is 7.77. The molecule has 2 heterocycles. The zero-order valence-corrected chi connectivity index (χ0v) is 13.4. The third-order valence-electron chi connectivity index (χ3n) is 4.46. The van der Waals surface area contributed by atoms with Crippen LogP contribution in [-0.2, 0) is 6.18 Å². The largest absolute Gasteiger partial charge is 0.417 e. The van der Waals surface area contributed by atoms with Crippen molar-refractivity contribution in [3.05, 3.63) is 40.2 Å². The van der Waals surface area contributed by atoms with Crippen LogP contribution in [0.2, 0.25) is 0 Å². The van der Waals surface area contributed by atoms with E-state index in [2.05, 4.69) is 4.98 Å². The molecule has 0 spiro atoms. The Bertz CT molecular complexity index is 906. The van der Waals surface area contributed by atoms with Gasteiger partial charge in [-0.15, -0.1) is 0 Å². The lowest BCUT2D eigenvalue weighted by Gasteiger charge is -2.31. The van der Waals surface area contributed by atoms with E-state index in [0.29, 0.717) is 6.07 Å². The molecule has 27 heavy (non-hydrogen) atoms. The van der Waals surface area contributed by atoms with Crippen LogP contribution in [0, 0.1) is 0 Å². The van der Waals surface area contributed by atoms with Gasteiger partial charge in [0.05, 0.1) is 11.6 Å². The molecule has 0 radical (unpaired) electrons. The number of aromatic nitrogens is 1. The molecule has 4 nitrogen and oxygen atoms in total. The number of alkyl halides is 7. The number of anilines is 1. The zero-order valence-electron chi connectivity index (χ0n) is 13.4. The maximum atomic E-state index is 13.7. The number of hydrogen-bond acceptors (Lipinski definition) is 3. The first-order chi connectivity index (χ1) is 12.4. The van der Waals surface area contributed by atoms with Gasteiger partial charge in [0.15, 0.2) is 6.10 Å². The molecule has 1 aromatic carbocycles. The molecule has 0 amide bonds. The fourth-order valence-electron chi connectivity index (χ4n) is 3.28. The summed E-state index contributed by atoms with van der Waals surface area (Å²) in [6.45, 7) is -0.506. The SMILES string of the molecule is O=c1cc(C(F)(F)F)c2cc(N3C[C@@H](F)C[C@@H]3[C@H](O)C(F)(F)F)ccc2[nH]1. The Morgan fingerprint density at radius 1 is 1.15 bits per heavy atom. The third-order valence-corrected chi connectivity index (χ3v) is 4.46. The molecule has 2 aromatic rings. The van der Waals surface area contributed by atoms with Crippen molar-refractivity contribution < 1.29 is 35.8 Å². The molecule has 1 aliphatic rings. The standard InChI is InChI=1S/C16H13F7N2O2/c17-7-3-12(14(27)16(21,22)23)25(6-7)8-1-2-11-9(4-8)10(15(18,19)20)5-13(26)24-11/h1-2,4-5,7,12,14,27H,3,6H2,(H,24,26)/t7-,12+,14-/m0/s1. The molecule has 148 valence electrons. The molecular weight excluding hydrogens is 385 g/mol. The highest BCUT2D eigenvalue weighted by molar-refractivity contribution is 5.86. The average molecular weight is 398 g/mol. The monoisotopic (exact) mass is 398 g/mol. The summed E-state index contributed by atoms with van der Waals surface area (Å²) in [5.41, 5.74) is -2.53. The smallest absolute Gasteiger partial charge is 0.382 e. The molecule has 1 fully saturated rings. The van der Waals surface area contributed by atoms with E-state index in [-0.39, 0.29) is 11.2 Å². The topological polar surface area (TPSA) is 56.3 Å². The van der Waals surface area contributed by atoms with E-state index >= 15 is 0 Å². The highest BCUT2D eigenvalue weighted by Gasteiger charge is 2.49. The van der Waals surface area contributed by atoms with Crippen LogP contribution in [-0.4, -0.2) is 41.1 Å². The van der Waals surface area contributed by atoms with Crippen LogP contribution in [0.25, 0.3) is 10.9 Å². The quantitative estimate of drug-likeness (QED) is 0.763. The first-order valence-corrected chi connectivity index (χ1v) is 7.77. The van der Waals surface area contributed by atoms with Gasteiger partial charge in [0.1, 0.15) is 6.17 Å². The van der Waals surface area contributed by atoms with Gasteiger partial charge in [-0.2, -0.15) is 26.3 Å². The molecule has 0 aliphatic carbocycles. The van der Waals surface area contributed by atoms with Crippen molar-refractivity contribution >= 4 is 16.6 Å². The number of aliphatic hydroxyl groups excluding tert-OH is 1. The van der Waals surface area contributed by atoms with Gasteiger partial charge in [-0.05, 0) is 18.2 Å². The molecule has 11 heteroatoms. The van der Waals surface area contributed by atoms with Crippen LogP contribution >= 0.6 is 0 Å². The number of H-pyrrole nitrogens is 1. The summed E-state index contributed by atoms with van der Waals surface area (Å²) < 4.78 is 91.9. The minimum absolute atomic E-state index is 0.117. The van der Waals surface area contributed by atoms with Gasteiger partial charge in [0, 0.05) is 35.6 Å². The number of nitrogens with zero attached hydrogens (tertiary/aromatic N) is 1. The summed E-state index contributed by atoms with van der Waals surface area (Å²) in [6, 6.07) is 1.88. The Morgan fingerprint density at radius 3 is 2.41 bits per heavy atom. The molecule has 0 bridgehead atoms. The van der Waals surface area contributed by atoms with Crippen LogP contribution in [0.15, 0.2) is 29.1 Å². The van der Waals surface area contributed by atoms with E-state index in [0.717, 1.165) is 17.0 Å². The fraction of sp³-hybridized carbons (Fsp3) is 0.438. The highest BCUT2D eigenvalue weighted by atomic mass is 19.4. The Balaban J connectivity index is 2.11. The Hall–Kier alpha value is -2.30. The number of hydrogen-bond donors (Lipinski definition) is 2. The second-order valence-electron chi connectivity index (χ2n) is 6.31. The summed E-state index contributed by atoms with van der Waals surface area (Å²) in [7, 11) is 0. The molecule has 3 rings (SSSR count). The van der Waals surface area contributed by atoms with Gasteiger partial charge < -0.3 is 15.0 Å². The van der Waals surface area contributed by atoms with E-state index < -0.39 is 60.1 Å². The van der Waals surface area contributed by atoms with E-state index in [4.69, 9.17) is 0 Å². The maximum Gasteiger partial charge on any atom is 0.417 e. The second kappa shape index (κ2) is 6.39. The Labute approximate surface area is 147 Å². The van der Waals surface area contributed by atoms with Crippen LogP contribution < -0.4 is 10.5 Å². The predicted octanol–water partition coefficient (Wildman–Crippen LogP) is 3.39.